The third-order valence-electron chi connectivity index (χ3n) is 5.52. The Labute approximate surface area is 233 Å². The number of fused-ring (bicyclic) bond motifs is 1. The minimum absolute atomic E-state index is 0.0493. The number of anilines is 3. The number of nitrogens with zero attached hydrogens (tertiary/aromatic N) is 2. The number of urea groups is 1. The maximum absolute atomic E-state index is 14.3. The summed E-state index contributed by atoms with van der Waals surface area (Å²) in [5.41, 5.74) is 0.762. The minimum Gasteiger partial charge on any atom is -0.490 e. The Kier molecular flexibility index (Phi) is 8.49. The SMILES string of the molecule is CNc1cc2c(cc1F)C(=O)N(c1ccc(NC(=O)NS(=O)(=O)c3ccc(Cl)s3)c(OCCN(C)C)c1)CO2. The second-order valence-electron chi connectivity index (χ2n) is 8.54. The number of amides is 3. The number of rotatable bonds is 9. The number of hydrogen-bond acceptors (Lipinski definition) is 9. The number of carbonyl (C=O) groups excluding carboxylic acids is 2. The number of sulfonamides is 1. The Bertz CT molecular complexity index is 1510. The summed E-state index contributed by atoms with van der Waals surface area (Å²) in [6.07, 6.45) is 0. The van der Waals surface area contributed by atoms with Crippen LogP contribution in [0.25, 0.3) is 0 Å². The standard InChI is InChI=1S/C24H25ClFN5O6S2/c1-27-18-12-19-15(11-16(18)26)23(32)31(13-37-19)14-4-5-17(20(10-14)36-9-8-30(2)3)28-24(33)29-39(34,35)22-7-6-21(25)38-22/h4-7,10-12,27H,8-9,13H2,1-3H3,(H2,28,29,33). The fourth-order valence-corrected chi connectivity index (χ4v) is 5.95. The summed E-state index contributed by atoms with van der Waals surface area (Å²) >= 11 is 6.62. The predicted molar refractivity (Wildman–Crippen MR) is 147 cm³/mol. The molecule has 0 aliphatic carbocycles. The topological polar surface area (TPSA) is 129 Å². The van der Waals surface area contributed by atoms with Crippen LogP contribution in [0.2, 0.25) is 4.34 Å². The Morgan fingerprint density at radius 2 is 1.97 bits per heavy atom. The summed E-state index contributed by atoms with van der Waals surface area (Å²) in [4.78, 5) is 29.0. The van der Waals surface area contributed by atoms with Crippen molar-refractivity contribution in [1.82, 2.24) is 9.62 Å². The van der Waals surface area contributed by atoms with Crippen LogP contribution >= 0.6 is 22.9 Å². The highest BCUT2D eigenvalue weighted by atomic mass is 35.5. The molecule has 0 saturated carbocycles. The number of hydrogen-bond donors (Lipinski definition) is 3. The van der Waals surface area contributed by atoms with Crippen LogP contribution in [-0.2, 0) is 10.0 Å². The van der Waals surface area contributed by atoms with Gasteiger partial charge in [-0.3, -0.25) is 9.69 Å². The molecule has 0 bridgehead atoms. The first-order chi connectivity index (χ1) is 18.5. The van der Waals surface area contributed by atoms with Gasteiger partial charge in [0, 0.05) is 25.7 Å². The van der Waals surface area contributed by atoms with E-state index in [1.165, 1.54) is 41.3 Å². The number of ether oxygens (including phenoxy) is 2. The van der Waals surface area contributed by atoms with Gasteiger partial charge in [0.05, 0.1) is 27.0 Å². The molecule has 3 N–H and O–H groups in total. The Morgan fingerprint density at radius 3 is 2.64 bits per heavy atom. The molecular formula is C24H25ClFN5O6S2. The van der Waals surface area contributed by atoms with Crippen LogP contribution in [0, 0.1) is 5.82 Å². The van der Waals surface area contributed by atoms with Gasteiger partial charge in [0.15, 0.2) is 6.73 Å². The smallest absolute Gasteiger partial charge is 0.333 e. The zero-order chi connectivity index (χ0) is 28.3. The van der Waals surface area contributed by atoms with Gasteiger partial charge in [-0.1, -0.05) is 11.6 Å². The van der Waals surface area contributed by atoms with Crippen LogP contribution < -0.4 is 29.7 Å². The van der Waals surface area contributed by atoms with E-state index in [4.69, 9.17) is 21.1 Å². The van der Waals surface area contributed by atoms with Crippen molar-refractivity contribution in [3.8, 4) is 11.5 Å². The van der Waals surface area contributed by atoms with Gasteiger partial charge in [-0.25, -0.2) is 22.3 Å². The normalized spacial score (nSPS) is 13.1. The molecule has 208 valence electrons. The lowest BCUT2D eigenvalue weighted by Crippen LogP contribution is -2.39. The van der Waals surface area contributed by atoms with Gasteiger partial charge >= 0.3 is 6.03 Å². The van der Waals surface area contributed by atoms with Crippen molar-refractivity contribution in [2.75, 3.05) is 56.6 Å². The van der Waals surface area contributed by atoms with E-state index in [1.54, 1.807) is 7.05 Å². The van der Waals surface area contributed by atoms with E-state index in [0.29, 0.717) is 12.2 Å². The molecule has 39 heavy (non-hydrogen) atoms. The van der Waals surface area contributed by atoms with E-state index in [9.17, 15) is 22.4 Å². The van der Waals surface area contributed by atoms with Crippen molar-refractivity contribution in [3.05, 3.63) is 58.2 Å². The predicted octanol–water partition coefficient (Wildman–Crippen LogP) is 4.03. The average Bonchev–Trinajstić information content (AvgIpc) is 3.32. The average molecular weight is 598 g/mol. The zero-order valence-corrected chi connectivity index (χ0v) is 23.5. The highest BCUT2D eigenvalue weighted by molar-refractivity contribution is 7.92. The molecular weight excluding hydrogens is 573 g/mol. The summed E-state index contributed by atoms with van der Waals surface area (Å²) in [6.45, 7) is 0.617. The zero-order valence-electron chi connectivity index (χ0n) is 21.1. The molecule has 0 atom stereocenters. The fourth-order valence-electron chi connectivity index (χ4n) is 3.56. The van der Waals surface area contributed by atoms with Crippen molar-refractivity contribution in [2.45, 2.75) is 4.21 Å². The number of benzene rings is 2. The van der Waals surface area contributed by atoms with Crippen molar-refractivity contribution in [3.63, 3.8) is 0 Å². The van der Waals surface area contributed by atoms with Crippen molar-refractivity contribution >= 4 is 62.0 Å². The Balaban J connectivity index is 1.58. The maximum atomic E-state index is 14.3. The third kappa shape index (κ3) is 6.53. The van der Waals surface area contributed by atoms with Crippen LogP contribution in [0.5, 0.6) is 11.5 Å². The maximum Gasteiger partial charge on any atom is 0.333 e. The molecule has 0 spiro atoms. The lowest BCUT2D eigenvalue weighted by molar-refractivity contribution is 0.0936. The molecule has 1 aliphatic heterocycles. The van der Waals surface area contributed by atoms with Crippen molar-refractivity contribution < 1.29 is 31.9 Å². The van der Waals surface area contributed by atoms with Crippen LogP contribution in [0.4, 0.5) is 26.2 Å². The first kappa shape index (κ1) is 28.4. The molecule has 4 rings (SSSR count). The lowest BCUT2D eigenvalue weighted by atomic mass is 10.1. The molecule has 2 aromatic carbocycles. The molecule has 0 saturated heterocycles. The first-order valence-electron chi connectivity index (χ1n) is 11.4. The van der Waals surface area contributed by atoms with E-state index >= 15 is 0 Å². The highest BCUT2D eigenvalue weighted by Crippen LogP contribution is 2.36. The number of halogens is 2. The fraction of sp³-hybridized carbons (Fsp3) is 0.250. The van der Waals surface area contributed by atoms with Gasteiger partial charge in [0.2, 0.25) is 0 Å². The molecule has 3 aromatic rings. The second kappa shape index (κ2) is 11.7. The van der Waals surface area contributed by atoms with E-state index < -0.39 is 27.8 Å². The summed E-state index contributed by atoms with van der Waals surface area (Å²) in [5, 5.41) is 5.17. The van der Waals surface area contributed by atoms with Crippen LogP contribution in [-0.4, -0.2) is 66.3 Å². The first-order valence-corrected chi connectivity index (χ1v) is 14.1. The quantitative estimate of drug-likeness (QED) is 0.337. The molecule has 3 amide bonds. The molecule has 15 heteroatoms. The summed E-state index contributed by atoms with van der Waals surface area (Å²) in [6, 6.07) is 8.68. The second-order valence-corrected chi connectivity index (χ2v) is 12.2. The Hall–Kier alpha value is -3.59. The van der Waals surface area contributed by atoms with Gasteiger partial charge < -0.3 is 25.0 Å². The summed E-state index contributed by atoms with van der Waals surface area (Å²) < 4.78 is 53.0. The summed E-state index contributed by atoms with van der Waals surface area (Å²) in [5.74, 6) is -0.673. The van der Waals surface area contributed by atoms with Gasteiger partial charge in [0.1, 0.15) is 28.1 Å². The van der Waals surface area contributed by atoms with E-state index in [0.717, 1.165) is 17.4 Å². The number of likely N-dealkylation sites (N-methyl/N-ethyl adjacent to an activating group) is 1. The Morgan fingerprint density at radius 1 is 1.21 bits per heavy atom. The molecule has 0 fully saturated rings. The summed E-state index contributed by atoms with van der Waals surface area (Å²) in [7, 11) is 1.12. The van der Waals surface area contributed by atoms with Crippen LogP contribution in [0.3, 0.4) is 0 Å². The molecule has 1 aliphatic rings. The van der Waals surface area contributed by atoms with Crippen LogP contribution in [0.15, 0.2) is 46.7 Å². The molecule has 1 aromatic heterocycles. The van der Waals surface area contributed by atoms with Gasteiger partial charge in [-0.2, -0.15) is 0 Å². The van der Waals surface area contributed by atoms with E-state index in [-0.39, 0.29) is 50.3 Å². The molecule has 2 heterocycles. The van der Waals surface area contributed by atoms with Crippen LogP contribution in [0.1, 0.15) is 10.4 Å². The molecule has 0 radical (unpaired) electrons. The van der Waals surface area contributed by atoms with E-state index in [2.05, 4.69) is 10.6 Å². The van der Waals surface area contributed by atoms with E-state index in [1.807, 2.05) is 23.7 Å². The van der Waals surface area contributed by atoms with Gasteiger partial charge in [-0.05, 0) is 44.4 Å². The largest absolute Gasteiger partial charge is 0.490 e. The van der Waals surface area contributed by atoms with Gasteiger partial charge in [0.25, 0.3) is 15.9 Å². The minimum atomic E-state index is -4.15. The molecule has 0 unspecified atom stereocenters. The van der Waals surface area contributed by atoms with Crippen molar-refractivity contribution in [2.24, 2.45) is 0 Å². The van der Waals surface area contributed by atoms with Gasteiger partial charge in [-0.15, -0.1) is 11.3 Å². The number of thiophene rings is 1. The number of carbonyl (C=O) groups is 2. The third-order valence-corrected chi connectivity index (χ3v) is 8.58. The van der Waals surface area contributed by atoms with Crippen molar-refractivity contribution in [1.29, 1.82) is 0 Å². The monoisotopic (exact) mass is 597 g/mol. The lowest BCUT2D eigenvalue weighted by Gasteiger charge is -2.29. The molecule has 11 nitrogen and oxygen atoms in total. The number of nitrogens with one attached hydrogen (secondary N) is 3. The highest BCUT2D eigenvalue weighted by Gasteiger charge is 2.29.